The number of hydrogen-bond donors (Lipinski definition) is 1. The summed E-state index contributed by atoms with van der Waals surface area (Å²) >= 11 is 1.66. The molecular formula is C25H17N2OS. The van der Waals surface area contributed by atoms with E-state index >= 15 is 0 Å². The van der Waals surface area contributed by atoms with Gasteiger partial charge in [0.2, 0.25) is 5.88 Å². The van der Waals surface area contributed by atoms with Crippen molar-refractivity contribution < 1.29 is 5.11 Å². The molecule has 5 aromatic rings. The summed E-state index contributed by atoms with van der Waals surface area (Å²) in [4.78, 5) is 10.4. The van der Waals surface area contributed by atoms with E-state index in [-0.39, 0.29) is 5.88 Å². The van der Waals surface area contributed by atoms with Crippen LogP contribution in [0.5, 0.6) is 5.88 Å². The largest absolute Gasteiger partial charge is 0.493 e. The summed E-state index contributed by atoms with van der Waals surface area (Å²) in [7, 11) is 0. The number of aromatic hydroxyl groups is 1. The van der Waals surface area contributed by atoms with E-state index in [1.54, 1.807) is 17.5 Å². The second-order valence-corrected chi connectivity index (χ2v) is 7.83. The third-order valence-corrected chi connectivity index (χ3v) is 5.99. The molecule has 3 aromatic heterocycles. The smallest absolute Gasteiger partial charge is 0.220 e. The number of aryl methyl sites for hydroxylation is 1. The maximum absolute atomic E-state index is 10.5. The summed E-state index contributed by atoms with van der Waals surface area (Å²) in [5.41, 5.74) is 6.77. The van der Waals surface area contributed by atoms with Gasteiger partial charge >= 0.3 is 0 Å². The van der Waals surface area contributed by atoms with Crippen LogP contribution in [0.4, 0.5) is 0 Å². The van der Waals surface area contributed by atoms with Gasteiger partial charge in [-0.25, -0.2) is 9.97 Å². The maximum atomic E-state index is 10.5. The molecule has 2 aromatic carbocycles. The maximum Gasteiger partial charge on any atom is 0.220 e. The molecule has 0 fully saturated rings. The van der Waals surface area contributed by atoms with E-state index in [2.05, 4.69) is 41.6 Å². The quantitative estimate of drug-likeness (QED) is 0.380. The molecule has 1 radical (unpaired) electrons. The highest BCUT2D eigenvalue weighted by Crippen LogP contribution is 2.39. The first-order valence-electron chi connectivity index (χ1n) is 9.31. The summed E-state index contributed by atoms with van der Waals surface area (Å²) in [6.07, 6.45) is 1.71. The monoisotopic (exact) mass is 393 g/mol. The van der Waals surface area contributed by atoms with Crippen LogP contribution in [-0.2, 0) is 0 Å². The van der Waals surface area contributed by atoms with Crippen molar-refractivity contribution in [1.29, 1.82) is 0 Å². The first-order chi connectivity index (χ1) is 14.2. The summed E-state index contributed by atoms with van der Waals surface area (Å²) in [6.45, 7) is 2.07. The van der Waals surface area contributed by atoms with Crippen LogP contribution in [0, 0.1) is 13.0 Å². The summed E-state index contributed by atoms with van der Waals surface area (Å²) in [6, 6.07) is 25.1. The molecule has 0 aliphatic rings. The van der Waals surface area contributed by atoms with Crippen molar-refractivity contribution >= 4 is 22.2 Å². The van der Waals surface area contributed by atoms with E-state index in [1.165, 1.54) is 5.56 Å². The molecule has 0 atom stereocenters. The van der Waals surface area contributed by atoms with Crippen LogP contribution >= 0.6 is 11.3 Å². The lowest BCUT2D eigenvalue weighted by molar-refractivity contribution is 0.460. The third kappa shape index (κ3) is 3.18. The standard InChI is InChI=1S/C25H17N2OS/c1-16-12-22(29-15-16)21-14-26-25(28)20-13-19(17-8-4-2-5-9-17)23(27-24(20)21)18-10-6-3-7-11-18/h2,4-15H,1H3,(H,26,28). The fourth-order valence-electron chi connectivity index (χ4n) is 3.50. The zero-order valence-electron chi connectivity index (χ0n) is 15.8. The molecule has 0 amide bonds. The van der Waals surface area contributed by atoms with Gasteiger partial charge in [0.25, 0.3) is 0 Å². The van der Waals surface area contributed by atoms with Gasteiger partial charge in [-0.15, -0.1) is 11.3 Å². The summed E-state index contributed by atoms with van der Waals surface area (Å²) < 4.78 is 0. The minimum Gasteiger partial charge on any atom is -0.493 e. The SMILES string of the molecule is Cc1csc(-c2cnc(O)c3cc(-c4ccccc4)c(-c4cc[c]cc4)nc23)c1. The van der Waals surface area contributed by atoms with Gasteiger partial charge in [-0.05, 0) is 41.6 Å². The molecule has 0 aliphatic carbocycles. The van der Waals surface area contributed by atoms with Crippen LogP contribution in [-0.4, -0.2) is 15.1 Å². The molecule has 5 rings (SSSR count). The van der Waals surface area contributed by atoms with Crippen LogP contribution in [0.1, 0.15) is 5.56 Å². The molecule has 4 heteroatoms. The molecule has 0 saturated carbocycles. The Bertz CT molecular complexity index is 1310. The van der Waals surface area contributed by atoms with Gasteiger partial charge in [-0.2, -0.15) is 0 Å². The predicted molar refractivity (Wildman–Crippen MR) is 119 cm³/mol. The lowest BCUT2D eigenvalue weighted by Crippen LogP contribution is -1.94. The van der Waals surface area contributed by atoms with Gasteiger partial charge in [-0.1, -0.05) is 54.6 Å². The van der Waals surface area contributed by atoms with Gasteiger partial charge in [0, 0.05) is 27.8 Å². The van der Waals surface area contributed by atoms with Crippen molar-refractivity contribution in [3.8, 4) is 38.7 Å². The zero-order chi connectivity index (χ0) is 19.8. The predicted octanol–water partition coefficient (Wildman–Crippen LogP) is 6.51. The molecule has 3 nitrogen and oxygen atoms in total. The topological polar surface area (TPSA) is 46.0 Å². The van der Waals surface area contributed by atoms with Gasteiger partial charge < -0.3 is 5.11 Å². The number of thiophene rings is 1. The number of hydrogen-bond acceptors (Lipinski definition) is 4. The molecule has 0 bridgehead atoms. The summed E-state index contributed by atoms with van der Waals surface area (Å²) in [5.74, 6) is -0.00495. The number of nitrogens with zero attached hydrogens (tertiary/aromatic N) is 2. The normalized spacial score (nSPS) is 11.1. The van der Waals surface area contributed by atoms with Crippen LogP contribution in [0.3, 0.4) is 0 Å². The highest BCUT2D eigenvalue weighted by Gasteiger charge is 2.17. The molecule has 0 unspecified atom stereocenters. The second-order valence-electron chi connectivity index (χ2n) is 6.92. The van der Waals surface area contributed by atoms with Gasteiger partial charge in [0.15, 0.2) is 0 Å². The molecular weight excluding hydrogens is 376 g/mol. The molecule has 3 heterocycles. The Morgan fingerprint density at radius 2 is 1.72 bits per heavy atom. The van der Waals surface area contributed by atoms with Crippen molar-refractivity contribution in [3.05, 3.63) is 89.9 Å². The molecule has 139 valence electrons. The second kappa shape index (κ2) is 7.15. The Labute approximate surface area is 173 Å². The van der Waals surface area contributed by atoms with E-state index < -0.39 is 0 Å². The first kappa shape index (κ1) is 17.6. The molecule has 0 aliphatic heterocycles. The Balaban J connectivity index is 1.87. The number of rotatable bonds is 3. The van der Waals surface area contributed by atoms with Crippen molar-refractivity contribution in [2.45, 2.75) is 6.92 Å². The van der Waals surface area contributed by atoms with Crippen molar-refractivity contribution in [2.24, 2.45) is 0 Å². The van der Waals surface area contributed by atoms with Crippen molar-refractivity contribution in [2.75, 3.05) is 0 Å². The van der Waals surface area contributed by atoms with Crippen LogP contribution in [0.25, 0.3) is 43.7 Å². The van der Waals surface area contributed by atoms with E-state index in [4.69, 9.17) is 4.98 Å². The number of fused-ring (bicyclic) bond motifs is 1. The van der Waals surface area contributed by atoms with E-state index in [9.17, 15) is 5.11 Å². The lowest BCUT2D eigenvalue weighted by atomic mass is 9.97. The zero-order valence-corrected chi connectivity index (χ0v) is 16.6. The lowest BCUT2D eigenvalue weighted by Gasteiger charge is -2.14. The van der Waals surface area contributed by atoms with E-state index in [1.807, 2.05) is 48.5 Å². The third-order valence-electron chi connectivity index (χ3n) is 4.91. The Hall–Kier alpha value is -3.50. The molecule has 1 N–H and O–H groups in total. The Morgan fingerprint density at radius 1 is 0.931 bits per heavy atom. The fourth-order valence-corrected chi connectivity index (χ4v) is 4.41. The summed E-state index contributed by atoms with van der Waals surface area (Å²) in [5, 5.41) is 13.3. The number of pyridine rings is 2. The van der Waals surface area contributed by atoms with Crippen LogP contribution in [0.15, 0.2) is 78.3 Å². The highest BCUT2D eigenvalue weighted by atomic mass is 32.1. The average Bonchev–Trinajstić information content (AvgIpc) is 3.20. The Kier molecular flexibility index (Phi) is 4.34. The molecule has 0 spiro atoms. The molecule has 0 saturated heterocycles. The molecule has 29 heavy (non-hydrogen) atoms. The van der Waals surface area contributed by atoms with Crippen LogP contribution < -0.4 is 0 Å². The number of aromatic nitrogens is 2. The van der Waals surface area contributed by atoms with Gasteiger partial charge in [-0.3, -0.25) is 0 Å². The Morgan fingerprint density at radius 3 is 2.45 bits per heavy atom. The van der Waals surface area contributed by atoms with Gasteiger partial charge in [0.1, 0.15) is 0 Å². The fraction of sp³-hybridized carbons (Fsp3) is 0.0400. The van der Waals surface area contributed by atoms with Crippen LogP contribution in [0.2, 0.25) is 0 Å². The van der Waals surface area contributed by atoms with E-state index in [0.29, 0.717) is 5.39 Å². The number of benzene rings is 2. The minimum atomic E-state index is -0.00495. The first-order valence-corrected chi connectivity index (χ1v) is 10.2. The van der Waals surface area contributed by atoms with Crippen molar-refractivity contribution in [3.63, 3.8) is 0 Å². The highest BCUT2D eigenvalue weighted by molar-refractivity contribution is 7.13. The van der Waals surface area contributed by atoms with Crippen molar-refractivity contribution in [1.82, 2.24) is 9.97 Å². The van der Waals surface area contributed by atoms with Gasteiger partial charge in [0.05, 0.1) is 16.6 Å². The minimum absolute atomic E-state index is 0.00495. The average molecular weight is 393 g/mol. The van der Waals surface area contributed by atoms with E-state index in [0.717, 1.165) is 38.3 Å².